The Hall–Kier alpha value is -1.65. The third kappa shape index (κ3) is 3.01. The molecule has 0 fully saturated rings. The maximum atomic E-state index is 11.2. The van der Waals surface area contributed by atoms with Crippen molar-refractivity contribution in [3.05, 3.63) is 18.0 Å². The monoisotopic (exact) mass is 195 g/mol. The molecule has 0 aliphatic rings. The van der Waals surface area contributed by atoms with Crippen LogP contribution in [0.3, 0.4) is 0 Å². The molecule has 1 aromatic heterocycles. The van der Waals surface area contributed by atoms with E-state index in [0.717, 1.165) is 5.56 Å². The van der Waals surface area contributed by atoms with Crippen LogP contribution in [0.1, 0.15) is 31.9 Å². The van der Waals surface area contributed by atoms with Gasteiger partial charge in [0.15, 0.2) is 0 Å². The summed E-state index contributed by atoms with van der Waals surface area (Å²) in [6, 6.07) is -0.124. The number of nitrogens with zero attached hydrogens (tertiary/aromatic N) is 1. The highest BCUT2D eigenvalue weighted by Crippen LogP contribution is 2.08. The van der Waals surface area contributed by atoms with Gasteiger partial charge in [0.25, 0.3) is 0 Å². The predicted molar refractivity (Wildman–Crippen MR) is 50.4 cm³/mol. The van der Waals surface area contributed by atoms with Gasteiger partial charge in [-0.25, -0.2) is 0 Å². The van der Waals surface area contributed by atoms with Gasteiger partial charge in [-0.2, -0.15) is 5.10 Å². The summed E-state index contributed by atoms with van der Waals surface area (Å²) < 4.78 is 0. The fourth-order valence-corrected chi connectivity index (χ4v) is 1.10. The smallest absolute Gasteiger partial charge is 0.227 e. The SMILES string of the molecule is CC(=O)CC(=O)NC(C)c1cn[nH]c1. The van der Waals surface area contributed by atoms with Gasteiger partial charge in [-0.1, -0.05) is 0 Å². The van der Waals surface area contributed by atoms with Crippen LogP contribution in [0.15, 0.2) is 12.4 Å². The van der Waals surface area contributed by atoms with Crippen molar-refractivity contribution >= 4 is 11.7 Å². The lowest BCUT2D eigenvalue weighted by Gasteiger charge is -2.10. The molecule has 0 bridgehead atoms. The fraction of sp³-hybridized carbons (Fsp3) is 0.444. The maximum Gasteiger partial charge on any atom is 0.227 e. The first-order valence-corrected chi connectivity index (χ1v) is 4.37. The van der Waals surface area contributed by atoms with Crippen LogP contribution < -0.4 is 5.32 Å². The molecule has 1 unspecified atom stereocenters. The molecule has 14 heavy (non-hydrogen) atoms. The van der Waals surface area contributed by atoms with Gasteiger partial charge in [0, 0.05) is 11.8 Å². The lowest BCUT2D eigenvalue weighted by Crippen LogP contribution is -2.27. The molecule has 0 saturated heterocycles. The molecule has 1 heterocycles. The Morgan fingerprint density at radius 3 is 2.86 bits per heavy atom. The zero-order valence-corrected chi connectivity index (χ0v) is 8.20. The van der Waals surface area contributed by atoms with Crippen LogP contribution in [0.25, 0.3) is 0 Å². The first kappa shape index (κ1) is 10.4. The van der Waals surface area contributed by atoms with Crippen LogP contribution in [-0.4, -0.2) is 21.9 Å². The van der Waals surface area contributed by atoms with E-state index in [-0.39, 0.29) is 24.2 Å². The third-order valence-electron chi connectivity index (χ3n) is 1.81. The van der Waals surface area contributed by atoms with E-state index in [4.69, 9.17) is 0 Å². The second kappa shape index (κ2) is 4.55. The van der Waals surface area contributed by atoms with Crippen LogP contribution in [0.5, 0.6) is 0 Å². The van der Waals surface area contributed by atoms with Crippen LogP contribution in [0.2, 0.25) is 0 Å². The molecule has 5 nitrogen and oxygen atoms in total. The highest BCUT2D eigenvalue weighted by molar-refractivity contribution is 5.96. The molecule has 0 spiro atoms. The first-order valence-electron chi connectivity index (χ1n) is 4.37. The van der Waals surface area contributed by atoms with Gasteiger partial charge in [0.05, 0.1) is 18.7 Å². The van der Waals surface area contributed by atoms with E-state index < -0.39 is 0 Å². The minimum atomic E-state index is -0.258. The Kier molecular flexibility index (Phi) is 3.39. The van der Waals surface area contributed by atoms with Crippen molar-refractivity contribution in [3.63, 3.8) is 0 Å². The number of amides is 1. The summed E-state index contributed by atoms with van der Waals surface area (Å²) in [5.74, 6) is -0.395. The van der Waals surface area contributed by atoms with Crippen molar-refractivity contribution in [2.75, 3.05) is 0 Å². The summed E-state index contributed by atoms with van der Waals surface area (Å²) >= 11 is 0. The van der Waals surface area contributed by atoms with Crippen molar-refractivity contribution in [3.8, 4) is 0 Å². The number of aromatic nitrogens is 2. The van der Waals surface area contributed by atoms with Crippen molar-refractivity contribution in [1.29, 1.82) is 0 Å². The molecule has 0 aromatic carbocycles. The average molecular weight is 195 g/mol. The molecule has 0 aliphatic carbocycles. The van der Waals surface area contributed by atoms with Crippen LogP contribution in [0, 0.1) is 0 Å². The summed E-state index contributed by atoms with van der Waals surface area (Å²) in [6.07, 6.45) is 3.28. The quantitative estimate of drug-likeness (QED) is 0.689. The van der Waals surface area contributed by atoms with Crippen LogP contribution >= 0.6 is 0 Å². The molecule has 0 aliphatic heterocycles. The molecule has 0 saturated carbocycles. The standard InChI is InChI=1S/C9H13N3O2/c1-6(13)3-9(14)12-7(2)8-4-10-11-5-8/h4-5,7H,3H2,1-2H3,(H,10,11)(H,12,14). The Bertz CT molecular complexity index is 319. The van der Waals surface area contributed by atoms with E-state index in [2.05, 4.69) is 15.5 Å². The molecule has 1 amide bonds. The summed E-state index contributed by atoms with van der Waals surface area (Å²) in [5, 5.41) is 9.12. The minimum Gasteiger partial charge on any atom is -0.349 e. The second-order valence-corrected chi connectivity index (χ2v) is 3.20. The van der Waals surface area contributed by atoms with Gasteiger partial charge < -0.3 is 5.32 Å². The Labute approximate surface area is 81.9 Å². The number of hydrogen-bond donors (Lipinski definition) is 2. The Morgan fingerprint density at radius 1 is 1.64 bits per heavy atom. The van der Waals surface area contributed by atoms with Gasteiger partial charge in [-0.15, -0.1) is 0 Å². The van der Waals surface area contributed by atoms with Gasteiger partial charge in [0.2, 0.25) is 5.91 Å². The number of Topliss-reactive ketones (excluding diaryl/α,β-unsaturated/α-hetero) is 1. The summed E-state index contributed by atoms with van der Waals surface area (Å²) in [5.41, 5.74) is 0.891. The van der Waals surface area contributed by atoms with E-state index in [0.29, 0.717) is 0 Å². The van der Waals surface area contributed by atoms with E-state index >= 15 is 0 Å². The number of carbonyl (C=O) groups is 2. The highest BCUT2D eigenvalue weighted by Gasteiger charge is 2.11. The van der Waals surface area contributed by atoms with Crippen LogP contribution in [-0.2, 0) is 9.59 Å². The Morgan fingerprint density at radius 2 is 2.36 bits per heavy atom. The molecule has 0 radical (unpaired) electrons. The van der Waals surface area contributed by atoms with Crippen molar-refractivity contribution in [2.45, 2.75) is 26.3 Å². The molecular formula is C9H13N3O2. The topological polar surface area (TPSA) is 74.8 Å². The average Bonchev–Trinajstić information content (AvgIpc) is 2.53. The fourth-order valence-electron chi connectivity index (χ4n) is 1.10. The van der Waals surface area contributed by atoms with E-state index in [1.807, 2.05) is 6.92 Å². The number of rotatable bonds is 4. The number of H-pyrrole nitrogens is 1. The van der Waals surface area contributed by atoms with Gasteiger partial charge >= 0.3 is 0 Å². The maximum absolute atomic E-state index is 11.2. The van der Waals surface area contributed by atoms with E-state index in [9.17, 15) is 9.59 Å². The number of aromatic amines is 1. The number of hydrogen-bond acceptors (Lipinski definition) is 3. The summed E-state index contributed by atoms with van der Waals surface area (Å²) in [7, 11) is 0. The lowest BCUT2D eigenvalue weighted by molar-refractivity contribution is -0.127. The molecule has 2 N–H and O–H groups in total. The molecule has 1 atom stereocenters. The third-order valence-corrected chi connectivity index (χ3v) is 1.81. The molecule has 5 heteroatoms. The summed E-state index contributed by atoms with van der Waals surface area (Å²) in [6.45, 7) is 3.23. The predicted octanol–water partition coefficient (Wildman–Crippen LogP) is 0.566. The van der Waals surface area contributed by atoms with Gasteiger partial charge in [-0.3, -0.25) is 14.7 Å². The largest absolute Gasteiger partial charge is 0.349 e. The van der Waals surface area contributed by atoms with Crippen molar-refractivity contribution < 1.29 is 9.59 Å². The summed E-state index contributed by atoms with van der Waals surface area (Å²) in [4.78, 5) is 21.8. The molecule has 1 aromatic rings. The number of nitrogens with one attached hydrogen (secondary N) is 2. The van der Waals surface area contributed by atoms with Gasteiger partial charge in [-0.05, 0) is 13.8 Å². The second-order valence-electron chi connectivity index (χ2n) is 3.20. The normalized spacial score (nSPS) is 12.1. The van der Waals surface area contributed by atoms with Crippen molar-refractivity contribution in [1.82, 2.24) is 15.5 Å². The van der Waals surface area contributed by atoms with Crippen LogP contribution in [0.4, 0.5) is 0 Å². The zero-order valence-electron chi connectivity index (χ0n) is 8.20. The first-order chi connectivity index (χ1) is 6.59. The van der Waals surface area contributed by atoms with Crippen molar-refractivity contribution in [2.24, 2.45) is 0 Å². The minimum absolute atomic E-state index is 0.0673. The van der Waals surface area contributed by atoms with E-state index in [1.165, 1.54) is 6.92 Å². The Balaban J connectivity index is 2.45. The lowest BCUT2D eigenvalue weighted by atomic mass is 10.2. The highest BCUT2D eigenvalue weighted by atomic mass is 16.2. The number of carbonyl (C=O) groups excluding carboxylic acids is 2. The molecule has 1 rings (SSSR count). The molecular weight excluding hydrogens is 182 g/mol. The molecule has 76 valence electrons. The zero-order chi connectivity index (χ0) is 10.6. The van der Waals surface area contributed by atoms with E-state index in [1.54, 1.807) is 12.4 Å². The van der Waals surface area contributed by atoms with Gasteiger partial charge in [0.1, 0.15) is 5.78 Å². The number of ketones is 1.